The number of nitrogens with zero attached hydrogens (tertiary/aromatic N) is 2. The Morgan fingerprint density at radius 3 is 2.15 bits per heavy atom. The summed E-state index contributed by atoms with van der Waals surface area (Å²) in [5.41, 5.74) is 0. The average molecular weight is 190 g/mol. The van der Waals surface area contributed by atoms with Crippen LogP contribution in [0.3, 0.4) is 0 Å². The maximum Gasteiger partial charge on any atom is 0.251 e. The highest BCUT2D eigenvalue weighted by molar-refractivity contribution is 4.91. The molecule has 13 heavy (non-hydrogen) atoms. The third-order valence-electron chi connectivity index (χ3n) is 3.14. The Balaban J connectivity index is 1.83. The van der Waals surface area contributed by atoms with E-state index in [0.29, 0.717) is 11.8 Å². The van der Waals surface area contributed by atoms with E-state index in [4.69, 9.17) is 0 Å². The van der Waals surface area contributed by atoms with E-state index in [1.54, 1.807) is 0 Å². The molecule has 2 nitrogen and oxygen atoms in total. The highest BCUT2D eigenvalue weighted by Gasteiger charge is 2.38. The molecule has 0 N–H and O–H groups in total. The zero-order valence-corrected chi connectivity index (χ0v) is 7.92. The molecule has 0 amide bonds. The summed E-state index contributed by atoms with van der Waals surface area (Å²) in [6.07, 6.45) is -2.17. The summed E-state index contributed by atoms with van der Waals surface area (Å²) < 4.78 is 24.2. The highest BCUT2D eigenvalue weighted by atomic mass is 19.3. The van der Waals surface area contributed by atoms with E-state index >= 15 is 0 Å². The summed E-state index contributed by atoms with van der Waals surface area (Å²) in [4.78, 5) is 4.21. The zero-order chi connectivity index (χ0) is 9.42. The van der Waals surface area contributed by atoms with Crippen LogP contribution in [-0.4, -0.2) is 56.0 Å². The van der Waals surface area contributed by atoms with Crippen molar-refractivity contribution in [2.24, 2.45) is 11.8 Å². The first-order valence-electron chi connectivity index (χ1n) is 4.84. The fourth-order valence-electron chi connectivity index (χ4n) is 2.67. The number of hydrogen-bond acceptors (Lipinski definition) is 2. The van der Waals surface area contributed by atoms with E-state index in [1.807, 2.05) is 4.90 Å². The number of halogens is 2. The smallest absolute Gasteiger partial charge is 0.251 e. The van der Waals surface area contributed by atoms with Gasteiger partial charge in [0.1, 0.15) is 0 Å². The van der Waals surface area contributed by atoms with E-state index in [2.05, 4.69) is 11.9 Å². The van der Waals surface area contributed by atoms with Gasteiger partial charge in [-0.15, -0.1) is 0 Å². The van der Waals surface area contributed by atoms with Gasteiger partial charge in [0.25, 0.3) is 6.43 Å². The van der Waals surface area contributed by atoms with E-state index in [0.717, 1.165) is 26.2 Å². The quantitative estimate of drug-likeness (QED) is 0.634. The molecular weight excluding hydrogens is 174 g/mol. The highest BCUT2D eigenvalue weighted by Crippen LogP contribution is 2.30. The van der Waals surface area contributed by atoms with Crippen LogP contribution in [-0.2, 0) is 0 Å². The van der Waals surface area contributed by atoms with Gasteiger partial charge in [-0.2, -0.15) is 0 Å². The second-order valence-corrected chi connectivity index (χ2v) is 4.35. The van der Waals surface area contributed by atoms with Crippen molar-refractivity contribution in [3.63, 3.8) is 0 Å². The topological polar surface area (TPSA) is 6.48 Å². The molecular formula is C9H16F2N2. The largest absolute Gasteiger partial charge is 0.306 e. The van der Waals surface area contributed by atoms with Crippen LogP contribution < -0.4 is 0 Å². The Bertz CT molecular complexity index is 172. The zero-order valence-electron chi connectivity index (χ0n) is 7.92. The van der Waals surface area contributed by atoms with Gasteiger partial charge in [-0.05, 0) is 18.9 Å². The first kappa shape index (κ1) is 9.34. The molecule has 0 aromatic rings. The monoisotopic (exact) mass is 190 g/mol. The van der Waals surface area contributed by atoms with Crippen LogP contribution in [0.5, 0.6) is 0 Å². The summed E-state index contributed by atoms with van der Waals surface area (Å²) in [6, 6.07) is 0. The molecule has 4 heteroatoms. The molecule has 0 aromatic carbocycles. The van der Waals surface area contributed by atoms with Gasteiger partial charge in [0, 0.05) is 26.2 Å². The summed E-state index contributed by atoms with van der Waals surface area (Å²) in [6.45, 7) is 3.89. The summed E-state index contributed by atoms with van der Waals surface area (Å²) in [7, 11) is 2.11. The number of fused-ring (bicyclic) bond motifs is 1. The van der Waals surface area contributed by atoms with Crippen molar-refractivity contribution in [3.8, 4) is 0 Å². The molecule has 0 bridgehead atoms. The standard InChI is InChI=1S/C9H16F2N2/c1-12-2-7-4-13(6-9(10)11)5-8(7)3-12/h7-9H,2-6H2,1H3. The van der Waals surface area contributed by atoms with Crippen molar-refractivity contribution < 1.29 is 8.78 Å². The van der Waals surface area contributed by atoms with E-state index in [1.165, 1.54) is 0 Å². The van der Waals surface area contributed by atoms with Crippen molar-refractivity contribution >= 4 is 0 Å². The minimum atomic E-state index is -2.17. The van der Waals surface area contributed by atoms with Crippen LogP contribution >= 0.6 is 0 Å². The molecule has 0 saturated carbocycles. The third-order valence-corrected chi connectivity index (χ3v) is 3.14. The lowest BCUT2D eigenvalue weighted by Crippen LogP contribution is -2.30. The van der Waals surface area contributed by atoms with E-state index < -0.39 is 6.43 Å². The van der Waals surface area contributed by atoms with Gasteiger partial charge in [0.05, 0.1) is 6.54 Å². The Morgan fingerprint density at radius 1 is 1.15 bits per heavy atom. The van der Waals surface area contributed by atoms with Gasteiger partial charge in [-0.25, -0.2) is 8.78 Å². The molecule has 0 aliphatic carbocycles. The van der Waals surface area contributed by atoms with Gasteiger partial charge in [-0.3, -0.25) is 4.90 Å². The molecule has 2 aliphatic rings. The van der Waals surface area contributed by atoms with Crippen LogP contribution in [0, 0.1) is 11.8 Å². The average Bonchev–Trinajstić information content (AvgIpc) is 2.41. The predicted octanol–water partition coefficient (Wildman–Crippen LogP) is 0.745. The number of hydrogen-bond donors (Lipinski definition) is 0. The first-order chi connectivity index (χ1) is 6.15. The Labute approximate surface area is 77.5 Å². The molecule has 2 heterocycles. The second-order valence-electron chi connectivity index (χ2n) is 4.35. The predicted molar refractivity (Wildman–Crippen MR) is 46.9 cm³/mol. The van der Waals surface area contributed by atoms with Crippen LogP contribution in [0.25, 0.3) is 0 Å². The molecule has 2 saturated heterocycles. The van der Waals surface area contributed by atoms with Gasteiger partial charge in [0.15, 0.2) is 0 Å². The van der Waals surface area contributed by atoms with E-state index in [-0.39, 0.29) is 6.54 Å². The maximum atomic E-state index is 12.1. The van der Waals surface area contributed by atoms with Crippen LogP contribution in [0.2, 0.25) is 0 Å². The lowest BCUT2D eigenvalue weighted by molar-refractivity contribution is 0.0944. The molecule has 2 unspecified atom stereocenters. The van der Waals surface area contributed by atoms with Crippen molar-refractivity contribution in [1.29, 1.82) is 0 Å². The fraction of sp³-hybridized carbons (Fsp3) is 1.00. The molecule has 76 valence electrons. The van der Waals surface area contributed by atoms with Crippen molar-refractivity contribution in [3.05, 3.63) is 0 Å². The minimum absolute atomic E-state index is 0.0310. The van der Waals surface area contributed by atoms with Crippen LogP contribution in [0.4, 0.5) is 8.78 Å². The summed E-state index contributed by atoms with van der Waals surface area (Å²) in [5, 5.41) is 0. The summed E-state index contributed by atoms with van der Waals surface area (Å²) >= 11 is 0. The number of likely N-dealkylation sites (tertiary alicyclic amines) is 2. The lowest BCUT2D eigenvalue weighted by Gasteiger charge is -2.17. The van der Waals surface area contributed by atoms with Crippen molar-refractivity contribution in [2.45, 2.75) is 6.43 Å². The Kier molecular flexibility index (Phi) is 2.51. The molecule has 2 fully saturated rings. The first-order valence-corrected chi connectivity index (χ1v) is 4.84. The van der Waals surface area contributed by atoms with E-state index in [9.17, 15) is 8.78 Å². The summed E-state index contributed by atoms with van der Waals surface area (Å²) in [5.74, 6) is 1.28. The fourth-order valence-corrected chi connectivity index (χ4v) is 2.67. The minimum Gasteiger partial charge on any atom is -0.306 e. The maximum absolute atomic E-state index is 12.1. The van der Waals surface area contributed by atoms with Gasteiger partial charge >= 0.3 is 0 Å². The number of rotatable bonds is 2. The Morgan fingerprint density at radius 2 is 1.69 bits per heavy atom. The second kappa shape index (κ2) is 3.50. The molecule has 0 radical (unpaired) electrons. The van der Waals surface area contributed by atoms with Crippen molar-refractivity contribution in [1.82, 2.24) is 9.80 Å². The molecule has 2 rings (SSSR count). The van der Waals surface area contributed by atoms with Crippen LogP contribution in [0.1, 0.15) is 0 Å². The van der Waals surface area contributed by atoms with Gasteiger partial charge < -0.3 is 4.90 Å². The van der Waals surface area contributed by atoms with Gasteiger partial charge in [-0.1, -0.05) is 0 Å². The molecule has 2 aliphatic heterocycles. The molecule has 0 spiro atoms. The third kappa shape index (κ3) is 1.99. The van der Waals surface area contributed by atoms with Gasteiger partial charge in [0.2, 0.25) is 0 Å². The van der Waals surface area contributed by atoms with Crippen molar-refractivity contribution in [2.75, 3.05) is 39.8 Å². The number of alkyl halides is 2. The molecule has 2 atom stereocenters. The SMILES string of the molecule is CN1CC2CN(CC(F)F)CC2C1. The van der Waals surface area contributed by atoms with Crippen LogP contribution in [0.15, 0.2) is 0 Å². The Hall–Kier alpha value is -0.220. The lowest BCUT2D eigenvalue weighted by atomic mass is 10.0. The molecule has 0 aromatic heterocycles. The normalized spacial score (nSPS) is 36.0.